The fraction of sp³-hybridized carbons (Fsp3) is 0.500. The van der Waals surface area contributed by atoms with Crippen LogP contribution in [0.15, 0.2) is 22.7 Å². The molecule has 1 aliphatic rings. The van der Waals surface area contributed by atoms with Gasteiger partial charge in [0, 0.05) is 12.6 Å². The summed E-state index contributed by atoms with van der Waals surface area (Å²) in [5, 5.41) is 14.1. The van der Waals surface area contributed by atoms with Gasteiger partial charge in [0.25, 0.3) is 5.69 Å². The molecule has 92 valence electrons. The van der Waals surface area contributed by atoms with Crippen LogP contribution in [0.25, 0.3) is 0 Å². The zero-order valence-electron chi connectivity index (χ0n) is 9.49. The number of hydrogen-bond acceptors (Lipinski definition) is 3. The van der Waals surface area contributed by atoms with Gasteiger partial charge in [0.05, 0.1) is 9.40 Å². The number of hydrogen-bond donors (Lipinski definition) is 1. The van der Waals surface area contributed by atoms with Crippen LogP contribution < -0.4 is 5.32 Å². The zero-order chi connectivity index (χ0) is 12.3. The summed E-state index contributed by atoms with van der Waals surface area (Å²) >= 11 is 3.30. The Morgan fingerprint density at radius 3 is 2.82 bits per heavy atom. The Morgan fingerprint density at radius 1 is 1.47 bits per heavy atom. The van der Waals surface area contributed by atoms with Crippen molar-refractivity contribution in [3.05, 3.63) is 38.3 Å². The summed E-state index contributed by atoms with van der Waals surface area (Å²) in [7, 11) is 0. The van der Waals surface area contributed by atoms with E-state index in [-0.39, 0.29) is 10.6 Å². The first kappa shape index (κ1) is 12.5. The van der Waals surface area contributed by atoms with Crippen molar-refractivity contribution in [3.8, 4) is 0 Å². The smallest absolute Gasteiger partial charge is 0.283 e. The van der Waals surface area contributed by atoms with Gasteiger partial charge in [-0.2, -0.15) is 0 Å². The number of benzene rings is 1. The first-order chi connectivity index (χ1) is 8.18. The Bertz CT molecular complexity index is 419. The van der Waals surface area contributed by atoms with E-state index in [0.29, 0.717) is 11.0 Å². The number of halogens is 1. The van der Waals surface area contributed by atoms with Gasteiger partial charge in [-0.3, -0.25) is 10.1 Å². The van der Waals surface area contributed by atoms with Gasteiger partial charge in [0.15, 0.2) is 0 Å². The maximum atomic E-state index is 10.8. The molecule has 1 aromatic carbocycles. The molecule has 0 unspecified atom stereocenters. The number of nitrogens with one attached hydrogen (secondary N) is 1. The second-order valence-corrected chi connectivity index (χ2v) is 5.23. The Kier molecular flexibility index (Phi) is 4.12. The first-order valence-corrected chi connectivity index (χ1v) is 6.60. The second-order valence-electron chi connectivity index (χ2n) is 4.44. The Hall–Kier alpha value is -0.940. The van der Waals surface area contributed by atoms with Gasteiger partial charge >= 0.3 is 0 Å². The summed E-state index contributed by atoms with van der Waals surface area (Å²) in [4.78, 5) is 10.4. The third-order valence-corrected chi connectivity index (χ3v) is 4.14. The van der Waals surface area contributed by atoms with Crippen molar-refractivity contribution < 1.29 is 4.92 Å². The van der Waals surface area contributed by atoms with Gasteiger partial charge in [0.1, 0.15) is 0 Å². The largest absolute Gasteiger partial charge is 0.312 e. The third kappa shape index (κ3) is 3.04. The summed E-state index contributed by atoms with van der Waals surface area (Å²) < 4.78 is 0.589. The lowest BCUT2D eigenvalue weighted by molar-refractivity contribution is -0.385. The molecule has 0 atom stereocenters. The van der Waals surface area contributed by atoms with Crippen LogP contribution in [0.3, 0.4) is 0 Å². The second kappa shape index (κ2) is 5.60. The highest BCUT2D eigenvalue weighted by Crippen LogP contribution is 2.29. The molecule has 0 aromatic heterocycles. The number of nitro groups is 1. The Morgan fingerprint density at radius 2 is 2.24 bits per heavy atom. The molecule has 0 aliphatic heterocycles. The van der Waals surface area contributed by atoms with Gasteiger partial charge in [0.2, 0.25) is 0 Å². The summed E-state index contributed by atoms with van der Waals surface area (Å²) in [6.07, 6.45) is 3.96. The lowest BCUT2D eigenvalue weighted by Gasteiger charge is -2.25. The van der Waals surface area contributed by atoms with Crippen LogP contribution in [0, 0.1) is 16.0 Å². The van der Waals surface area contributed by atoms with E-state index in [4.69, 9.17) is 0 Å². The lowest BCUT2D eigenvalue weighted by atomic mass is 9.85. The molecular formula is C12H15BrN2O2. The van der Waals surface area contributed by atoms with Gasteiger partial charge in [-0.1, -0.05) is 18.6 Å². The summed E-state index contributed by atoms with van der Waals surface area (Å²) in [5.74, 6) is 0.799. The minimum absolute atomic E-state index is 0.132. The van der Waals surface area contributed by atoms with Gasteiger partial charge < -0.3 is 5.32 Å². The highest BCUT2D eigenvalue weighted by Gasteiger charge is 2.18. The van der Waals surface area contributed by atoms with Crippen molar-refractivity contribution in [2.75, 3.05) is 6.54 Å². The average molecular weight is 299 g/mol. The van der Waals surface area contributed by atoms with E-state index in [0.717, 1.165) is 18.0 Å². The molecule has 1 saturated carbocycles. The molecule has 1 aliphatic carbocycles. The molecule has 1 aromatic rings. The SMILES string of the molecule is O=[N+]([O-])c1cccc(CNCC2CCC2)c1Br. The fourth-order valence-electron chi connectivity index (χ4n) is 1.95. The van der Waals surface area contributed by atoms with E-state index in [1.165, 1.54) is 25.3 Å². The van der Waals surface area contributed by atoms with Gasteiger partial charge in [-0.15, -0.1) is 0 Å². The molecule has 5 heteroatoms. The van der Waals surface area contributed by atoms with E-state index < -0.39 is 0 Å². The molecule has 0 saturated heterocycles. The predicted molar refractivity (Wildman–Crippen MR) is 69.8 cm³/mol. The molecule has 0 spiro atoms. The Labute approximate surface area is 109 Å². The Balaban J connectivity index is 1.95. The highest BCUT2D eigenvalue weighted by atomic mass is 79.9. The van der Waals surface area contributed by atoms with Crippen molar-refractivity contribution in [2.24, 2.45) is 5.92 Å². The minimum atomic E-state index is -0.362. The van der Waals surface area contributed by atoms with Crippen LogP contribution in [0.5, 0.6) is 0 Å². The summed E-state index contributed by atoms with van der Waals surface area (Å²) in [6.45, 7) is 1.69. The number of rotatable bonds is 5. The summed E-state index contributed by atoms with van der Waals surface area (Å²) in [5.41, 5.74) is 1.08. The van der Waals surface area contributed by atoms with Crippen LogP contribution in [-0.4, -0.2) is 11.5 Å². The van der Waals surface area contributed by atoms with Crippen LogP contribution in [0.4, 0.5) is 5.69 Å². The van der Waals surface area contributed by atoms with Crippen molar-refractivity contribution >= 4 is 21.6 Å². The monoisotopic (exact) mass is 298 g/mol. The van der Waals surface area contributed by atoms with Crippen LogP contribution in [0.2, 0.25) is 0 Å². The number of nitro benzene ring substituents is 1. The van der Waals surface area contributed by atoms with Crippen molar-refractivity contribution in [2.45, 2.75) is 25.8 Å². The third-order valence-electron chi connectivity index (χ3n) is 3.23. The van der Waals surface area contributed by atoms with Crippen LogP contribution in [0.1, 0.15) is 24.8 Å². The van der Waals surface area contributed by atoms with E-state index in [1.807, 2.05) is 6.07 Å². The standard InChI is InChI=1S/C12H15BrN2O2/c13-12-10(5-2-6-11(12)15(16)17)8-14-7-9-3-1-4-9/h2,5-6,9,14H,1,3-4,7-8H2. The maximum Gasteiger partial charge on any atom is 0.283 e. The molecule has 0 amide bonds. The normalized spacial score (nSPS) is 15.6. The maximum absolute atomic E-state index is 10.8. The molecule has 2 rings (SSSR count). The fourth-order valence-corrected chi connectivity index (χ4v) is 2.50. The quantitative estimate of drug-likeness (QED) is 0.670. The van der Waals surface area contributed by atoms with Crippen LogP contribution >= 0.6 is 15.9 Å². The van der Waals surface area contributed by atoms with Crippen molar-refractivity contribution in [3.63, 3.8) is 0 Å². The number of nitrogens with zero attached hydrogens (tertiary/aromatic N) is 1. The molecular weight excluding hydrogens is 284 g/mol. The van der Waals surface area contributed by atoms with Gasteiger partial charge in [-0.05, 0) is 46.8 Å². The van der Waals surface area contributed by atoms with E-state index in [1.54, 1.807) is 6.07 Å². The van der Waals surface area contributed by atoms with Crippen LogP contribution in [-0.2, 0) is 6.54 Å². The molecule has 4 nitrogen and oxygen atoms in total. The zero-order valence-corrected chi connectivity index (χ0v) is 11.1. The van der Waals surface area contributed by atoms with Crippen molar-refractivity contribution in [1.82, 2.24) is 5.32 Å². The molecule has 1 N–H and O–H groups in total. The molecule has 17 heavy (non-hydrogen) atoms. The molecule has 1 fully saturated rings. The van der Waals surface area contributed by atoms with E-state index in [2.05, 4.69) is 21.2 Å². The van der Waals surface area contributed by atoms with E-state index >= 15 is 0 Å². The lowest BCUT2D eigenvalue weighted by Crippen LogP contribution is -2.27. The topological polar surface area (TPSA) is 55.2 Å². The molecule has 0 radical (unpaired) electrons. The average Bonchev–Trinajstić information content (AvgIpc) is 2.23. The molecule has 0 heterocycles. The van der Waals surface area contributed by atoms with Gasteiger partial charge in [-0.25, -0.2) is 0 Å². The predicted octanol–water partition coefficient (Wildman–Crippen LogP) is 3.25. The summed E-state index contributed by atoms with van der Waals surface area (Å²) in [6, 6.07) is 5.15. The van der Waals surface area contributed by atoms with Crippen molar-refractivity contribution in [1.29, 1.82) is 0 Å². The first-order valence-electron chi connectivity index (χ1n) is 5.81. The highest BCUT2D eigenvalue weighted by molar-refractivity contribution is 9.10. The minimum Gasteiger partial charge on any atom is -0.312 e. The molecule has 0 bridgehead atoms. The van der Waals surface area contributed by atoms with E-state index in [9.17, 15) is 10.1 Å².